The van der Waals surface area contributed by atoms with Crippen molar-refractivity contribution < 1.29 is 0 Å². The third-order valence-corrected chi connectivity index (χ3v) is 7.25. The molecule has 0 aromatic carbocycles. The molecular weight excluding hydrogens is 136 g/mol. The summed E-state index contributed by atoms with van der Waals surface area (Å²) in [7, 11) is -0.960. The minimum Gasteiger partial charge on any atom is -0.107 e. The van der Waals surface area contributed by atoms with Crippen LogP contribution in [0.5, 0.6) is 0 Å². The number of rotatable bonds is 3. The highest BCUT2D eigenvalue weighted by Crippen LogP contribution is 2.33. The van der Waals surface area contributed by atoms with Gasteiger partial charge in [0.2, 0.25) is 0 Å². The molecule has 0 aromatic heterocycles. The van der Waals surface area contributed by atoms with Gasteiger partial charge in [-0.05, 0) is 6.04 Å². The SMILES string of the molecule is C=CC[Si]1(C=C)CCCC1. The fourth-order valence-corrected chi connectivity index (χ4v) is 5.57. The Kier molecular flexibility index (Phi) is 2.49. The Hall–Kier alpha value is -0.303. The molecule has 10 heavy (non-hydrogen) atoms. The van der Waals surface area contributed by atoms with Crippen LogP contribution in [0, 0.1) is 0 Å². The van der Waals surface area contributed by atoms with Crippen LogP contribution in [0.15, 0.2) is 24.9 Å². The monoisotopic (exact) mass is 152 g/mol. The first kappa shape index (κ1) is 7.80. The van der Waals surface area contributed by atoms with Gasteiger partial charge < -0.3 is 0 Å². The van der Waals surface area contributed by atoms with Crippen molar-refractivity contribution in [3.05, 3.63) is 24.9 Å². The largest absolute Gasteiger partial charge is 0.107 e. The zero-order valence-electron chi connectivity index (χ0n) is 6.60. The summed E-state index contributed by atoms with van der Waals surface area (Å²) in [5.74, 6) is 0. The molecule has 0 atom stereocenters. The van der Waals surface area contributed by atoms with Crippen LogP contribution in [0.3, 0.4) is 0 Å². The summed E-state index contributed by atoms with van der Waals surface area (Å²) in [6.45, 7) is 7.75. The van der Waals surface area contributed by atoms with Crippen molar-refractivity contribution in [2.45, 2.75) is 31.0 Å². The van der Waals surface area contributed by atoms with Crippen LogP contribution in [-0.2, 0) is 0 Å². The minimum atomic E-state index is -0.960. The van der Waals surface area contributed by atoms with Crippen LogP contribution in [0.25, 0.3) is 0 Å². The maximum atomic E-state index is 3.95. The van der Waals surface area contributed by atoms with E-state index in [1.165, 1.54) is 31.0 Å². The van der Waals surface area contributed by atoms with Gasteiger partial charge in [-0.2, -0.15) is 0 Å². The van der Waals surface area contributed by atoms with E-state index in [9.17, 15) is 0 Å². The van der Waals surface area contributed by atoms with Crippen molar-refractivity contribution in [2.24, 2.45) is 0 Å². The second-order valence-electron chi connectivity index (χ2n) is 3.27. The van der Waals surface area contributed by atoms with E-state index in [0.29, 0.717) is 0 Å². The molecule has 1 aliphatic heterocycles. The molecule has 1 rings (SSSR count). The predicted octanol–water partition coefficient (Wildman–Crippen LogP) is 3.14. The van der Waals surface area contributed by atoms with Gasteiger partial charge in [0.05, 0.1) is 8.07 Å². The highest BCUT2D eigenvalue weighted by atomic mass is 28.3. The van der Waals surface area contributed by atoms with E-state index in [-0.39, 0.29) is 0 Å². The third kappa shape index (κ3) is 1.40. The standard InChI is InChI=1S/C9H16Si/c1-3-7-10(4-2)8-5-6-9-10/h3-4H,1-2,5-9H2. The average molecular weight is 152 g/mol. The highest BCUT2D eigenvalue weighted by molar-refractivity contribution is 6.85. The van der Waals surface area contributed by atoms with Crippen LogP contribution in [0.1, 0.15) is 12.8 Å². The average Bonchev–Trinajstić information content (AvgIpc) is 2.39. The molecule has 0 bridgehead atoms. The third-order valence-electron chi connectivity index (χ3n) is 2.58. The lowest BCUT2D eigenvalue weighted by Crippen LogP contribution is -2.25. The summed E-state index contributed by atoms with van der Waals surface area (Å²) in [6, 6.07) is 4.18. The number of hydrogen-bond donors (Lipinski definition) is 0. The van der Waals surface area contributed by atoms with Crippen LogP contribution in [0.2, 0.25) is 18.1 Å². The molecule has 0 aromatic rings. The van der Waals surface area contributed by atoms with E-state index in [4.69, 9.17) is 0 Å². The van der Waals surface area contributed by atoms with E-state index >= 15 is 0 Å². The van der Waals surface area contributed by atoms with Crippen molar-refractivity contribution in [1.82, 2.24) is 0 Å². The van der Waals surface area contributed by atoms with E-state index in [1.807, 2.05) is 0 Å². The fourth-order valence-electron chi connectivity index (χ4n) is 1.86. The van der Waals surface area contributed by atoms with Crippen molar-refractivity contribution >= 4 is 8.07 Å². The molecule has 0 nitrogen and oxygen atoms in total. The van der Waals surface area contributed by atoms with E-state index in [2.05, 4.69) is 24.9 Å². The van der Waals surface area contributed by atoms with Gasteiger partial charge in [-0.25, -0.2) is 0 Å². The fraction of sp³-hybridized carbons (Fsp3) is 0.556. The summed E-state index contributed by atoms with van der Waals surface area (Å²) in [6.07, 6.45) is 4.96. The predicted molar refractivity (Wildman–Crippen MR) is 49.8 cm³/mol. The van der Waals surface area contributed by atoms with Crippen molar-refractivity contribution in [3.63, 3.8) is 0 Å². The first-order valence-corrected chi connectivity index (χ1v) is 6.77. The lowest BCUT2D eigenvalue weighted by Gasteiger charge is -2.18. The molecule has 1 fully saturated rings. The molecule has 0 radical (unpaired) electrons. The van der Waals surface area contributed by atoms with Gasteiger partial charge in [0.15, 0.2) is 0 Å². The molecule has 1 heterocycles. The Balaban J connectivity index is 2.57. The molecule has 0 amide bonds. The smallest absolute Gasteiger partial charge is 0.0807 e. The molecule has 0 N–H and O–H groups in total. The van der Waals surface area contributed by atoms with Crippen LogP contribution < -0.4 is 0 Å². The molecule has 1 heteroatoms. The molecule has 0 aliphatic carbocycles. The van der Waals surface area contributed by atoms with Gasteiger partial charge >= 0.3 is 0 Å². The molecule has 0 unspecified atom stereocenters. The van der Waals surface area contributed by atoms with Gasteiger partial charge in [0, 0.05) is 0 Å². The lowest BCUT2D eigenvalue weighted by molar-refractivity contribution is 0.935. The van der Waals surface area contributed by atoms with Crippen molar-refractivity contribution in [3.8, 4) is 0 Å². The first-order chi connectivity index (χ1) is 4.83. The Morgan fingerprint density at radius 3 is 2.20 bits per heavy atom. The van der Waals surface area contributed by atoms with Gasteiger partial charge in [0.25, 0.3) is 0 Å². The van der Waals surface area contributed by atoms with Crippen LogP contribution in [0.4, 0.5) is 0 Å². The quantitative estimate of drug-likeness (QED) is 0.430. The Morgan fingerprint density at radius 1 is 1.20 bits per heavy atom. The first-order valence-electron chi connectivity index (χ1n) is 4.07. The molecule has 0 spiro atoms. The van der Waals surface area contributed by atoms with Gasteiger partial charge in [-0.3, -0.25) is 0 Å². The number of hydrogen-bond acceptors (Lipinski definition) is 0. The van der Waals surface area contributed by atoms with Crippen molar-refractivity contribution in [2.75, 3.05) is 0 Å². The Bertz CT molecular complexity index is 132. The van der Waals surface area contributed by atoms with Crippen molar-refractivity contribution in [1.29, 1.82) is 0 Å². The number of allylic oxidation sites excluding steroid dienone is 1. The summed E-state index contributed by atoms with van der Waals surface area (Å²) < 4.78 is 0. The molecule has 56 valence electrons. The van der Waals surface area contributed by atoms with Gasteiger partial charge in [0.1, 0.15) is 0 Å². The summed E-state index contributed by atoms with van der Waals surface area (Å²) in [5.41, 5.74) is 2.27. The molecule has 1 saturated heterocycles. The molecule has 0 saturated carbocycles. The van der Waals surface area contributed by atoms with E-state index in [1.54, 1.807) is 0 Å². The van der Waals surface area contributed by atoms with Crippen LogP contribution >= 0.6 is 0 Å². The lowest BCUT2D eigenvalue weighted by atomic mass is 10.4. The minimum absolute atomic E-state index is 0.960. The Morgan fingerprint density at radius 2 is 1.80 bits per heavy atom. The maximum absolute atomic E-state index is 3.95. The molecule has 1 aliphatic rings. The maximum Gasteiger partial charge on any atom is 0.0807 e. The Labute approximate surface area is 64.7 Å². The second kappa shape index (κ2) is 3.20. The van der Waals surface area contributed by atoms with Gasteiger partial charge in [-0.15, -0.1) is 18.9 Å². The van der Waals surface area contributed by atoms with E-state index in [0.717, 1.165) is 0 Å². The zero-order chi connectivity index (χ0) is 7.45. The van der Waals surface area contributed by atoms with Gasteiger partial charge in [-0.1, -0.05) is 31.0 Å². The summed E-state index contributed by atoms with van der Waals surface area (Å²) in [4.78, 5) is 0. The van der Waals surface area contributed by atoms with Crippen LogP contribution in [-0.4, -0.2) is 8.07 Å². The zero-order valence-corrected chi connectivity index (χ0v) is 7.60. The summed E-state index contributed by atoms with van der Waals surface area (Å²) in [5, 5.41) is 0. The second-order valence-corrected chi connectivity index (χ2v) is 7.81. The summed E-state index contributed by atoms with van der Waals surface area (Å²) >= 11 is 0. The highest BCUT2D eigenvalue weighted by Gasteiger charge is 2.31. The topological polar surface area (TPSA) is 0 Å². The van der Waals surface area contributed by atoms with E-state index < -0.39 is 8.07 Å². The normalized spacial score (nSPS) is 22.4. The molecular formula is C9H16Si.